The Hall–Kier alpha value is -3.43. The Balaban J connectivity index is 1.39. The van der Waals surface area contributed by atoms with Gasteiger partial charge in [-0.2, -0.15) is 18.3 Å². The summed E-state index contributed by atoms with van der Waals surface area (Å²) in [5, 5.41) is 4.54. The minimum absolute atomic E-state index is 0.0720. The maximum Gasteiger partial charge on any atom is 0.433 e. The maximum absolute atomic E-state index is 13.9. The lowest BCUT2D eigenvalue weighted by molar-refractivity contribution is -0.142. The molecule has 1 aliphatic rings. The van der Waals surface area contributed by atoms with E-state index in [-0.39, 0.29) is 29.2 Å². The van der Waals surface area contributed by atoms with E-state index in [2.05, 4.69) is 15.0 Å². The number of alkyl halides is 3. The fourth-order valence-corrected chi connectivity index (χ4v) is 4.54. The first-order valence-corrected chi connectivity index (χ1v) is 11.9. The van der Waals surface area contributed by atoms with Crippen LogP contribution in [-0.2, 0) is 6.18 Å². The van der Waals surface area contributed by atoms with Crippen LogP contribution in [0.4, 0.5) is 18.9 Å². The summed E-state index contributed by atoms with van der Waals surface area (Å²) in [5.41, 5.74) is 1.67. The van der Waals surface area contributed by atoms with Crippen LogP contribution < -0.4 is 4.90 Å². The smallest absolute Gasteiger partial charge is 0.369 e. The number of nitrogens with zero attached hydrogens (tertiary/aromatic N) is 5. The molecule has 3 heterocycles. The third-order valence-electron chi connectivity index (χ3n) is 6.32. The quantitative estimate of drug-likeness (QED) is 0.335. The van der Waals surface area contributed by atoms with Gasteiger partial charge in [-0.05, 0) is 31.2 Å². The Morgan fingerprint density at radius 1 is 1.03 bits per heavy atom. The van der Waals surface area contributed by atoms with Crippen molar-refractivity contribution in [2.24, 2.45) is 0 Å². The zero-order valence-corrected chi connectivity index (χ0v) is 20.2. The minimum Gasteiger partial charge on any atom is -0.369 e. The normalized spacial score (nSPS) is 15.0. The summed E-state index contributed by atoms with van der Waals surface area (Å²) in [7, 11) is 0. The van der Waals surface area contributed by atoms with Gasteiger partial charge in [0.15, 0.2) is 17.1 Å². The first-order chi connectivity index (χ1) is 17.2. The second kappa shape index (κ2) is 9.55. The number of fused-ring (bicyclic) bond motifs is 1. The van der Waals surface area contributed by atoms with Crippen molar-refractivity contribution in [2.75, 3.05) is 37.6 Å². The maximum atomic E-state index is 13.9. The van der Waals surface area contributed by atoms with Crippen LogP contribution in [0, 0.1) is 6.92 Å². The number of hydrogen-bond acceptors (Lipinski definition) is 5. The number of ketones is 1. The molecular weight excluding hydrogens is 491 g/mol. The molecule has 1 saturated heterocycles. The molecule has 0 unspecified atom stereocenters. The van der Waals surface area contributed by atoms with E-state index >= 15 is 0 Å². The zero-order chi connectivity index (χ0) is 25.4. The van der Waals surface area contributed by atoms with Gasteiger partial charge in [0.1, 0.15) is 0 Å². The molecular formula is C26H23ClF3N5O. The lowest BCUT2D eigenvalue weighted by Crippen LogP contribution is -2.48. The number of anilines is 1. The minimum atomic E-state index is -4.66. The van der Waals surface area contributed by atoms with E-state index in [0.717, 1.165) is 17.3 Å². The van der Waals surface area contributed by atoms with Gasteiger partial charge in [0.05, 0.1) is 24.0 Å². The number of aromatic nitrogens is 3. The molecule has 0 spiro atoms. The Morgan fingerprint density at radius 2 is 1.75 bits per heavy atom. The van der Waals surface area contributed by atoms with Crippen molar-refractivity contribution in [3.8, 4) is 11.3 Å². The Morgan fingerprint density at radius 3 is 2.42 bits per heavy atom. The number of hydrogen-bond donors (Lipinski definition) is 0. The molecule has 1 aliphatic heterocycles. The summed E-state index contributed by atoms with van der Waals surface area (Å²) in [4.78, 5) is 21.8. The number of rotatable bonds is 5. The van der Waals surface area contributed by atoms with Gasteiger partial charge in [-0.25, -0.2) is 9.50 Å². The molecule has 2 aromatic heterocycles. The van der Waals surface area contributed by atoms with Crippen LogP contribution in [0.1, 0.15) is 21.6 Å². The molecule has 4 aromatic rings. The van der Waals surface area contributed by atoms with Crippen LogP contribution in [0.3, 0.4) is 0 Å². The van der Waals surface area contributed by atoms with Crippen LogP contribution in [0.15, 0.2) is 60.8 Å². The molecule has 0 bridgehead atoms. The molecule has 10 heteroatoms. The summed E-state index contributed by atoms with van der Waals surface area (Å²) in [6.07, 6.45) is -3.48. The van der Waals surface area contributed by atoms with Crippen LogP contribution in [-0.4, -0.2) is 58.0 Å². The van der Waals surface area contributed by atoms with E-state index < -0.39 is 11.9 Å². The van der Waals surface area contributed by atoms with Gasteiger partial charge in [-0.3, -0.25) is 9.69 Å². The second-order valence-electron chi connectivity index (χ2n) is 8.85. The molecule has 186 valence electrons. The molecule has 0 saturated carbocycles. The van der Waals surface area contributed by atoms with E-state index in [9.17, 15) is 18.0 Å². The van der Waals surface area contributed by atoms with E-state index in [1.54, 1.807) is 24.3 Å². The Bertz CT molecular complexity index is 1410. The van der Waals surface area contributed by atoms with Crippen molar-refractivity contribution < 1.29 is 18.0 Å². The highest BCUT2D eigenvalue weighted by atomic mass is 35.5. The molecule has 0 aliphatic carbocycles. The first-order valence-electron chi connectivity index (χ1n) is 11.5. The van der Waals surface area contributed by atoms with Crippen LogP contribution in [0.5, 0.6) is 0 Å². The second-order valence-corrected chi connectivity index (χ2v) is 9.29. The molecule has 0 radical (unpaired) electrons. The number of benzene rings is 2. The van der Waals surface area contributed by atoms with Gasteiger partial charge in [-0.1, -0.05) is 47.5 Å². The predicted octanol–water partition coefficient (Wildman–Crippen LogP) is 5.38. The Labute approximate surface area is 210 Å². The number of Topliss-reactive ketones (excluding diaryl/α,β-unsaturated/α-hetero) is 1. The average Bonchev–Trinajstić information content (AvgIpc) is 3.28. The van der Waals surface area contributed by atoms with Gasteiger partial charge >= 0.3 is 6.18 Å². The van der Waals surface area contributed by atoms with Gasteiger partial charge in [0.25, 0.3) is 0 Å². The molecule has 2 aromatic carbocycles. The average molecular weight is 514 g/mol. The summed E-state index contributed by atoms with van der Waals surface area (Å²) >= 11 is 6.10. The molecule has 5 rings (SSSR count). The standard InChI is InChI=1S/C26H23ClF3N5O/c1-17-5-7-18(8-6-17)22-14-24(26(28,29)30)35-25(32-22)21(15-31-35)23(36)16-33-9-11-34(12-10-33)20-4-2-3-19(27)13-20/h2-8,13-15H,9-12,16H2,1H3. The first kappa shape index (κ1) is 24.3. The number of carbonyl (C=O) groups is 1. The lowest BCUT2D eigenvalue weighted by Gasteiger charge is -2.35. The zero-order valence-electron chi connectivity index (χ0n) is 19.5. The summed E-state index contributed by atoms with van der Waals surface area (Å²) in [5.74, 6) is -0.317. The summed E-state index contributed by atoms with van der Waals surface area (Å²) in [6, 6.07) is 15.6. The Kier molecular flexibility index (Phi) is 6.44. The molecule has 0 N–H and O–H groups in total. The van der Waals surface area contributed by atoms with Crippen molar-refractivity contribution in [1.82, 2.24) is 19.5 Å². The van der Waals surface area contributed by atoms with Gasteiger partial charge in [-0.15, -0.1) is 0 Å². The van der Waals surface area contributed by atoms with Gasteiger partial charge < -0.3 is 4.90 Å². The van der Waals surface area contributed by atoms with Crippen molar-refractivity contribution in [1.29, 1.82) is 0 Å². The van der Waals surface area contributed by atoms with Gasteiger partial charge in [0, 0.05) is 42.5 Å². The molecule has 0 amide bonds. The molecule has 36 heavy (non-hydrogen) atoms. The van der Waals surface area contributed by atoms with Crippen molar-refractivity contribution in [2.45, 2.75) is 13.1 Å². The molecule has 6 nitrogen and oxygen atoms in total. The number of carbonyl (C=O) groups excluding carboxylic acids is 1. The fraction of sp³-hybridized carbons (Fsp3) is 0.269. The molecule has 1 fully saturated rings. The van der Waals surface area contributed by atoms with Crippen LogP contribution in [0.2, 0.25) is 5.02 Å². The number of aryl methyl sites for hydroxylation is 1. The predicted molar refractivity (Wildman–Crippen MR) is 133 cm³/mol. The largest absolute Gasteiger partial charge is 0.433 e. The van der Waals surface area contributed by atoms with E-state index in [1.165, 1.54) is 6.20 Å². The van der Waals surface area contributed by atoms with Gasteiger partial charge in [0.2, 0.25) is 0 Å². The van der Waals surface area contributed by atoms with Crippen molar-refractivity contribution >= 4 is 28.7 Å². The van der Waals surface area contributed by atoms with Crippen LogP contribution in [0.25, 0.3) is 16.9 Å². The monoisotopic (exact) mass is 513 g/mol. The van der Waals surface area contributed by atoms with E-state index in [4.69, 9.17) is 11.6 Å². The third kappa shape index (κ3) is 4.94. The van der Waals surface area contributed by atoms with E-state index in [0.29, 0.717) is 41.3 Å². The van der Waals surface area contributed by atoms with E-state index in [1.807, 2.05) is 36.1 Å². The molecule has 0 atom stereocenters. The van der Waals surface area contributed by atoms with Crippen LogP contribution >= 0.6 is 11.6 Å². The highest BCUT2D eigenvalue weighted by molar-refractivity contribution is 6.30. The van der Waals surface area contributed by atoms with Crippen molar-refractivity contribution in [3.63, 3.8) is 0 Å². The summed E-state index contributed by atoms with van der Waals surface area (Å²) < 4.78 is 42.3. The highest BCUT2D eigenvalue weighted by Crippen LogP contribution is 2.33. The lowest BCUT2D eigenvalue weighted by atomic mass is 10.1. The fourth-order valence-electron chi connectivity index (χ4n) is 4.36. The third-order valence-corrected chi connectivity index (χ3v) is 6.56. The topological polar surface area (TPSA) is 53.7 Å². The SMILES string of the molecule is Cc1ccc(-c2cc(C(F)(F)F)n3ncc(C(=O)CN4CCN(c5cccc(Cl)c5)CC4)c3n2)cc1. The van der Waals surface area contributed by atoms with Crippen molar-refractivity contribution in [3.05, 3.63) is 82.6 Å². The number of halogens is 4. The number of piperazine rings is 1. The highest BCUT2D eigenvalue weighted by Gasteiger charge is 2.36. The summed E-state index contributed by atoms with van der Waals surface area (Å²) in [6.45, 7) is 4.64.